The molecule has 3 heteroatoms. The Hall–Kier alpha value is -0.570. The normalized spacial score (nSPS) is 17.2. The van der Waals surface area contributed by atoms with Crippen LogP contribution in [-0.2, 0) is 9.53 Å². The van der Waals surface area contributed by atoms with Gasteiger partial charge in [-0.15, -0.1) is 0 Å². The Morgan fingerprint density at radius 1 is 1.38 bits per heavy atom. The lowest BCUT2D eigenvalue weighted by atomic mass is 9.99. The second-order valence-corrected chi connectivity index (χ2v) is 2.78. The first-order chi connectivity index (χ1) is 6.34. The average molecular weight is 187 g/mol. The maximum atomic E-state index is 11.1. The molecule has 0 aromatic heterocycles. The van der Waals surface area contributed by atoms with Gasteiger partial charge in [-0.25, -0.2) is 0 Å². The number of nitrogens with one attached hydrogen (secondary N) is 1. The number of esters is 1. The zero-order valence-corrected chi connectivity index (χ0v) is 8.93. The zero-order valence-electron chi connectivity index (χ0n) is 8.93. The molecule has 1 rings (SSSR count). The third kappa shape index (κ3) is 4.88. The van der Waals surface area contributed by atoms with Crippen LogP contribution in [0, 0.1) is 5.92 Å². The van der Waals surface area contributed by atoms with Crippen molar-refractivity contribution in [2.75, 3.05) is 19.7 Å². The molecule has 1 aliphatic heterocycles. The van der Waals surface area contributed by atoms with Crippen molar-refractivity contribution in [1.29, 1.82) is 0 Å². The van der Waals surface area contributed by atoms with Crippen molar-refractivity contribution in [3.05, 3.63) is 0 Å². The molecule has 1 aliphatic rings. The van der Waals surface area contributed by atoms with Crippen molar-refractivity contribution < 1.29 is 9.53 Å². The predicted molar refractivity (Wildman–Crippen MR) is 53.6 cm³/mol. The van der Waals surface area contributed by atoms with Crippen LogP contribution in [0.1, 0.15) is 33.6 Å². The van der Waals surface area contributed by atoms with E-state index in [-0.39, 0.29) is 11.9 Å². The molecule has 0 unspecified atom stereocenters. The Bertz CT molecular complexity index is 131. The van der Waals surface area contributed by atoms with Gasteiger partial charge in [0.2, 0.25) is 0 Å². The maximum absolute atomic E-state index is 11.1. The molecule has 0 amide bonds. The van der Waals surface area contributed by atoms with E-state index in [9.17, 15) is 4.79 Å². The Balaban J connectivity index is 0.000000671. The van der Waals surface area contributed by atoms with Gasteiger partial charge in [-0.3, -0.25) is 4.79 Å². The number of hydrogen-bond acceptors (Lipinski definition) is 3. The first-order valence-corrected chi connectivity index (χ1v) is 5.22. The summed E-state index contributed by atoms with van der Waals surface area (Å²) in [7, 11) is 0. The van der Waals surface area contributed by atoms with E-state index in [1.165, 1.54) is 0 Å². The van der Waals surface area contributed by atoms with E-state index in [0.717, 1.165) is 25.9 Å². The summed E-state index contributed by atoms with van der Waals surface area (Å²) in [4.78, 5) is 11.1. The van der Waals surface area contributed by atoms with E-state index in [1.54, 1.807) is 0 Å². The van der Waals surface area contributed by atoms with Crippen LogP contribution in [0.4, 0.5) is 0 Å². The van der Waals surface area contributed by atoms with Crippen LogP contribution in [0.2, 0.25) is 0 Å². The van der Waals surface area contributed by atoms with Gasteiger partial charge in [0, 0.05) is 0 Å². The summed E-state index contributed by atoms with van der Waals surface area (Å²) in [5.41, 5.74) is 0. The molecule has 1 fully saturated rings. The highest BCUT2D eigenvalue weighted by Crippen LogP contribution is 2.12. The second-order valence-electron chi connectivity index (χ2n) is 2.78. The molecule has 0 spiro atoms. The van der Waals surface area contributed by atoms with Crippen molar-refractivity contribution in [2.45, 2.75) is 33.6 Å². The summed E-state index contributed by atoms with van der Waals surface area (Å²) in [6.45, 7) is 8.24. The van der Waals surface area contributed by atoms with Crippen LogP contribution in [0.15, 0.2) is 0 Å². The molecular formula is C10H21NO2. The number of carbonyl (C=O) groups is 1. The molecule has 0 aliphatic carbocycles. The van der Waals surface area contributed by atoms with Crippen molar-refractivity contribution in [3.8, 4) is 0 Å². The molecule has 1 heterocycles. The molecule has 0 radical (unpaired) electrons. The maximum Gasteiger partial charge on any atom is 0.309 e. The smallest absolute Gasteiger partial charge is 0.309 e. The monoisotopic (exact) mass is 187 g/mol. The summed E-state index contributed by atoms with van der Waals surface area (Å²) in [5, 5.41) is 3.20. The zero-order chi connectivity index (χ0) is 10.1. The molecule has 3 nitrogen and oxygen atoms in total. The minimum Gasteiger partial charge on any atom is -0.466 e. The largest absolute Gasteiger partial charge is 0.466 e. The number of rotatable bonds is 2. The predicted octanol–water partition coefficient (Wildman–Crippen LogP) is 1.58. The summed E-state index contributed by atoms with van der Waals surface area (Å²) in [6, 6.07) is 0. The lowest BCUT2D eigenvalue weighted by Crippen LogP contribution is -2.32. The minimum atomic E-state index is -0.0194. The molecule has 0 atom stereocenters. The lowest BCUT2D eigenvalue weighted by Gasteiger charge is -2.20. The van der Waals surface area contributed by atoms with E-state index < -0.39 is 0 Å². The molecule has 0 saturated carbocycles. The molecule has 0 bridgehead atoms. The van der Waals surface area contributed by atoms with E-state index >= 15 is 0 Å². The fraction of sp³-hybridized carbons (Fsp3) is 0.900. The van der Waals surface area contributed by atoms with Gasteiger partial charge in [-0.1, -0.05) is 13.8 Å². The van der Waals surface area contributed by atoms with E-state index in [1.807, 2.05) is 20.8 Å². The first kappa shape index (κ1) is 12.4. The fourth-order valence-corrected chi connectivity index (χ4v) is 1.32. The molecule has 78 valence electrons. The molecule has 1 N–H and O–H groups in total. The van der Waals surface area contributed by atoms with Crippen LogP contribution in [0.25, 0.3) is 0 Å². The van der Waals surface area contributed by atoms with Crippen LogP contribution in [0.3, 0.4) is 0 Å². The van der Waals surface area contributed by atoms with Crippen molar-refractivity contribution in [3.63, 3.8) is 0 Å². The fourth-order valence-electron chi connectivity index (χ4n) is 1.32. The topological polar surface area (TPSA) is 38.3 Å². The minimum absolute atomic E-state index is 0.0194. The van der Waals surface area contributed by atoms with Gasteiger partial charge in [0.25, 0.3) is 0 Å². The Labute approximate surface area is 80.8 Å². The molecule has 13 heavy (non-hydrogen) atoms. The van der Waals surface area contributed by atoms with E-state index in [4.69, 9.17) is 4.74 Å². The van der Waals surface area contributed by atoms with E-state index in [2.05, 4.69) is 5.32 Å². The summed E-state index contributed by atoms with van der Waals surface area (Å²) in [6.07, 6.45) is 1.86. The third-order valence-corrected chi connectivity index (χ3v) is 1.96. The summed E-state index contributed by atoms with van der Waals surface area (Å²) < 4.78 is 4.91. The van der Waals surface area contributed by atoms with Crippen molar-refractivity contribution >= 4 is 5.97 Å². The first-order valence-electron chi connectivity index (χ1n) is 5.22. The summed E-state index contributed by atoms with van der Waals surface area (Å²) in [5.74, 6) is 0.130. The average Bonchev–Trinajstić information content (AvgIpc) is 2.23. The van der Waals surface area contributed by atoms with E-state index in [0.29, 0.717) is 6.61 Å². The highest BCUT2D eigenvalue weighted by molar-refractivity contribution is 5.72. The summed E-state index contributed by atoms with van der Waals surface area (Å²) >= 11 is 0. The highest BCUT2D eigenvalue weighted by atomic mass is 16.5. The van der Waals surface area contributed by atoms with Crippen LogP contribution in [0.5, 0.6) is 0 Å². The number of hydrogen-bond donors (Lipinski definition) is 1. The Morgan fingerprint density at radius 2 is 1.92 bits per heavy atom. The standard InChI is InChI=1S/C8H15NO2.C2H6/c1-2-11-8(10)7-3-5-9-6-4-7;1-2/h7,9H,2-6H2,1H3;1-2H3. The number of ether oxygens (including phenoxy) is 1. The van der Waals surface area contributed by atoms with Gasteiger partial charge in [-0.2, -0.15) is 0 Å². The van der Waals surface area contributed by atoms with Gasteiger partial charge < -0.3 is 10.1 Å². The van der Waals surface area contributed by atoms with Crippen molar-refractivity contribution in [2.24, 2.45) is 5.92 Å². The Kier molecular flexibility index (Phi) is 7.69. The molecule has 0 aromatic carbocycles. The van der Waals surface area contributed by atoms with Crippen LogP contribution in [-0.4, -0.2) is 25.7 Å². The van der Waals surface area contributed by atoms with Gasteiger partial charge in [0.05, 0.1) is 12.5 Å². The van der Waals surface area contributed by atoms with Crippen LogP contribution >= 0.6 is 0 Å². The molecule has 0 aromatic rings. The Morgan fingerprint density at radius 3 is 2.38 bits per heavy atom. The van der Waals surface area contributed by atoms with Crippen LogP contribution < -0.4 is 5.32 Å². The van der Waals surface area contributed by atoms with Gasteiger partial charge in [0.15, 0.2) is 0 Å². The molecular weight excluding hydrogens is 166 g/mol. The SMILES string of the molecule is CC.CCOC(=O)C1CCNCC1. The second kappa shape index (κ2) is 8.05. The van der Waals surface area contributed by atoms with Gasteiger partial charge >= 0.3 is 5.97 Å². The quantitative estimate of drug-likeness (QED) is 0.667. The molecule has 1 saturated heterocycles. The number of piperidine rings is 1. The van der Waals surface area contributed by atoms with Gasteiger partial charge in [-0.05, 0) is 32.9 Å². The number of carbonyl (C=O) groups excluding carboxylic acids is 1. The third-order valence-electron chi connectivity index (χ3n) is 1.96. The highest BCUT2D eigenvalue weighted by Gasteiger charge is 2.21. The van der Waals surface area contributed by atoms with Crippen molar-refractivity contribution in [1.82, 2.24) is 5.32 Å². The lowest BCUT2D eigenvalue weighted by molar-refractivity contribution is -0.148. The van der Waals surface area contributed by atoms with Gasteiger partial charge in [0.1, 0.15) is 0 Å².